The third-order valence-corrected chi connectivity index (χ3v) is 5.11. The Labute approximate surface area is 145 Å². The van der Waals surface area contributed by atoms with E-state index in [-0.39, 0.29) is 0 Å². The molecule has 5 heteroatoms. The maximum absolute atomic E-state index is 6.20. The minimum absolute atomic E-state index is 0.307. The minimum Gasteiger partial charge on any atom is -0.493 e. The molecule has 24 heavy (non-hydrogen) atoms. The summed E-state index contributed by atoms with van der Waals surface area (Å²) < 4.78 is 11.8. The summed E-state index contributed by atoms with van der Waals surface area (Å²) in [5.41, 5.74) is 1.32. The topological polar surface area (TPSA) is 37.0 Å². The molecule has 2 aliphatic heterocycles. The Morgan fingerprint density at radius 3 is 2.54 bits per heavy atom. The molecule has 0 saturated carbocycles. The van der Waals surface area contributed by atoms with Gasteiger partial charge in [0.25, 0.3) is 0 Å². The van der Waals surface area contributed by atoms with Gasteiger partial charge in [-0.1, -0.05) is 6.07 Å². The molecular weight excluding hydrogens is 302 g/mol. The molecule has 5 nitrogen and oxygen atoms in total. The van der Waals surface area contributed by atoms with Crippen molar-refractivity contribution >= 4 is 0 Å². The van der Waals surface area contributed by atoms with E-state index in [1.165, 1.54) is 5.56 Å². The number of likely N-dealkylation sites (tertiary alicyclic amines) is 1. The van der Waals surface area contributed by atoms with Gasteiger partial charge in [0.2, 0.25) is 0 Å². The smallest absolute Gasteiger partial charge is 0.161 e. The first-order chi connectivity index (χ1) is 11.7. The van der Waals surface area contributed by atoms with Crippen LogP contribution < -0.4 is 14.8 Å². The second kappa shape index (κ2) is 8.70. The fourth-order valence-electron chi connectivity index (χ4n) is 3.47. The molecule has 2 heterocycles. The van der Waals surface area contributed by atoms with Gasteiger partial charge in [0.05, 0.1) is 7.11 Å². The van der Waals surface area contributed by atoms with Crippen molar-refractivity contribution in [2.45, 2.75) is 25.4 Å². The number of benzene rings is 1. The Morgan fingerprint density at radius 2 is 1.83 bits per heavy atom. The van der Waals surface area contributed by atoms with Crippen LogP contribution in [0.5, 0.6) is 11.5 Å². The third kappa shape index (κ3) is 4.85. The average molecular weight is 333 g/mol. The summed E-state index contributed by atoms with van der Waals surface area (Å²) in [5, 5.41) is 3.40. The highest BCUT2D eigenvalue weighted by atomic mass is 16.5. The van der Waals surface area contributed by atoms with Gasteiger partial charge in [-0.05, 0) is 44.0 Å². The standard InChI is InChI=1S/C19H31N3O2/c1-21-10-6-17(7-11-21)24-18-4-3-16(15-19(18)23-2)5-12-22-13-8-20-9-14-22/h3-4,15,17,20H,5-14H2,1-2H3. The lowest BCUT2D eigenvalue weighted by Gasteiger charge is -2.30. The first-order valence-corrected chi connectivity index (χ1v) is 9.20. The van der Waals surface area contributed by atoms with Gasteiger partial charge in [-0.25, -0.2) is 0 Å². The highest BCUT2D eigenvalue weighted by Crippen LogP contribution is 2.30. The lowest BCUT2D eigenvalue weighted by atomic mass is 10.1. The van der Waals surface area contributed by atoms with Gasteiger partial charge in [0.1, 0.15) is 6.10 Å². The first-order valence-electron chi connectivity index (χ1n) is 9.20. The second-order valence-corrected chi connectivity index (χ2v) is 6.95. The fraction of sp³-hybridized carbons (Fsp3) is 0.684. The Morgan fingerprint density at radius 1 is 1.08 bits per heavy atom. The zero-order valence-electron chi connectivity index (χ0n) is 15.1. The van der Waals surface area contributed by atoms with Crippen LogP contribution in [0.4, 0.5) is 0 Å². The van der Waals surface area contributed by atoms with E-state index in [2.05, 4.69) is 40.4 Å². The summed E-state index contributed by atoms with van der Waals surface area (Å²) in [5.74, 6) is 1.75. The number of nitrogens with one attached hydrogen (secondary N) is 1. The van der Waals surface area contributed by atoms with Gasteiger partial charge >= 0.3 is 0 Å². The van der Waals surface area contributed by atoms with Crippen molar-refractivity contribution in [3.63, 3.8) is 0 Å². The fourth-order valence-corrected chi connectivity index (χ4v) is 3.47. The highest BCUT2D eigenvalue weighted by Gasteiger charge is 2.19. The van der Waals surface area contributed by atoms with Crippen molar-refractivity contribution in [3.05, 3.63) is 23.8 Å². The third-order valence-electron chi connectivity index (χ3n) is 5.11. The maximum atomic E-state index is 6.20. The van der Waals surface area contributed by atoms with E-state index >= 15 is 0 Å². The number of hydrogen-bond donors (Lipinski definition) is 1. The predicted octanol–water partition coefficient (Wildman–Crippen LogP) is 1.62. The van der Waals surface area contributed by atoms with Crippen LogP contribution in [0, 0.1) is 0 Å². The molecule has 0 spiro atoms. The van der Waals surface area contributed by atoms with Crippen LogP contribution in [0.1, 0.15) is 18.4 Å². The summed E-state index contributed by atoms with van der Waals surface area (Å²) in [6.45, 7) is 7.83. The molecule has 1 N–H and O–H groups in total. The van der Waals surface area contributed by atoms with E-state index in [1.807, 2.05) is 0 Å². The summed E-state index contributed by atoms with van der Waals surface area (Å²) in [4.78, 5) is 4.88. The number of piperidine rings is 1. The Balaban J connectivity index is 1.55. The lowest BCUT2D eigenvalue weighted by molar-refractivity contribution is 0.111. The van der Waals surface area contributed by atoms with Crippen LogP contribution in [0.15, 0.2) is 18.2 Å². The van der Waals surface area contributed by atoms with Crippen molar-refractivity contribution in [1.82, 2.24) is 15.1 Å². The van der Waals surface area contributed by atoms with Gasteiger partial charge < -0.3 is 24.6 Å². The van der Waals surface area contributed by atoms with Crippen LogP contribution >= 0.6 is 0 Å². The summed E-state index contributed by atoms with van der Waals surface area (Å²) in [7, 11) is 3.90. The van der Waals surface area contributed by atoms with Crippen LogP contribution in [0.2, 0.25) is 0 Å². The Bertz CT molecular complexity index is 509. The lowest BCUT2D eigenvalue weighted by Crippen LogP contribution is -2.44. The van der Waals surface area contributed by atoms with Gasteiger partial charge in [0, 0.05) is 45.8 Å². The summed E-state index contributed by atoms with van der Waals surface area (Å²) in [6.07, 6.45) is 3.54. The summed E-state index contributed by atoms with van der Waals surface area (Å²) in [6, 6.07) is 6.42. The first kappa shape index (κ1) is 17.5. The average Bonchev–Trinajstić information content (AvgIpc) is 2.63. The van der Waals surface area contributed by atoms with Crippen molar-refractivity contribution in [1.29, 1.82) is 0 Å². The number of hydrogen-bond acceptors (Lipinski definition) is 5. The highest BCUT2D eigenvalue weighted by molar-refractivity contribution is 5.43. The second-order valence-electron chi connectivity index (χ2n) is 6.95. The quantitative estimate of drug-likeness (QED) is 0.856. The molecule has 1 aromatic rings. The molecule has 2 aliphatic rings. The van der Waals surface area contributed by atoms with E-state index in [9.17, 15) is 0 Å². The molecule has 0 unspecified atom stereocenters. The molecule has 0 atom stereocenters. The van der Waals surface area contributed by atoms with Crippen molar-refractivity contribution in [2.75, 3.05) is 60.0 Å². The van der Waals surface area contributed by atoms with E-state index < -0.39 is 0 Å². The van der Waals surface area contributed by atoms with Crippen molar-refractivity contribution in [3.8, 4) is 11.5 Å². The molecule has 3 rings (SSSR count). The minimum atomic E-state index is 0.307. The van der Waals surface area contributed by atoms with Gasteiger partial charge in [-0.3, -0.25) is 0 Å². The number of piperazine rings is 1. The van der Waals surface area contributed by atoms with E-state index in [0.29, 0.717) is 6.10 Å². The van der Waals surface area contributed by atoms with Crippen LogP contribution in [0.25, 0.3) is 0 Å². The van der Waals surface area contributed by atoms with E-state index in [0.717, 1.165) is 76.6 Å². The van der Waals surface area contributed by atoms with E-state index in [4.69, 9.17) is 9.47 Å². The monoisotopic (exact) mass is 333 g/mol. The number of ether oxygens (including phenoxy) is 2. The molecule has 134 valence electrons. The molecule has 2 saturated heterocycles. The molecular formula is C19H31N3O2. The summed E-state index contributed by atoms with van der Waals surface area (Å²) >= 11 is 0. The normalized spacial score (nSPS) is 20.9. The van der Waals surface area contributed by atoms with Gasteiger partial charge in [-0.15, -0.1) is 0 Å². The van der Waals surface area contributed by atoms with E-state index in [1.54, 1.807) is 7.11 Å². The molecule has 1 aromatic carbocycles. The zero-order valence-corrected chi connectivity index (χ0v) is 15.1. The number of nitrogens with zero attached hydrogens (tertiary/aromatic N) is 2. The van der Waals surface area contributed by atoms with Crippen LogP contribution in [0.3, 0.4) is 0 Å². The maximum Gasteiger partial charge on any atom is 0.161 e. The SMILES string of the molecule is COc1cc(CCN2CCNCC2)ccc1OC1CCN(C)CC1. The molecule has 0 aliphatic carbocycles. The Hall–Kier alpha value is -1.30. The van der Waals surface area contributed by atoms with Gasteiger partial charge in [-0.2, -0.15) is 0 Å². The molecule has 0 aromatic heterocycles. The largest absolute Gasteiger partial charge is 0.493 e. The number of rotatable bonds is 6. The predicted molar refractivity (Wildman–Crippen MR) is 97.2 cm³/mol. The Kier molecular flexibility index (Phi) is 6.35. The van der Waals surface area contributed by atoms with Crippen LogP contribution in [-0.2, 0) is 6.42 Å². The van der Waals surface area contributed by atoms with Crippen LogP contribution in [-0.4, -0.2) is 75.9 Å². The zero-order chi connectivity index (χ0) is 16.8. The molecule has 2 fully saturated rings. The number of methoxy groups -OCH3 is 1. The van der Waals surface area contributed by atoms with Crippen molar-refractivity contribution < 1.29 is 9.47 Å². The molecule has 0 radical (unpaired) electrons. The van der Waals surface area contributed by atoms with Gasteiger partial charge in [0.15, 0.2) is 11.5 Å². The van der Waals surface area contributed by atoms with Crippen molar-refractivity contribution in [2.24, 2.45) is 0 Å². The molecule has 0 bridgehead atoms. The molecule has 0 amide bonds.